The Morgan fingerprint density at radius 1 is 0.828 bits per heavy atom. The van der Waals surface area contributed by atoms with Crippen LogP contribution >= 0.6 is 0 Å². The van der Waals surface area contributed by atoms with Crippen molar-refractivity contribution in [1.29, 1.82) is 0 Å². The minimum absolute atomic E-state index is 0.133. The second-order valence-corrected chi connectivity index (χ2v) is 17.5. The Kier molecular flexibility index (Phi) is 16.9. The van der Waals surface area contributed by atoms with Gasteiger partial charge in [0.05, 0.1) is 12.6 Å². The molecule has 3 saturated heterocycles. The second-order valence-electron chi connectivity index (χ2n) is 17.5. The number of likely N-dealkylation sites (N-methyl/N-ethyl adjacent to an activating group) is 1. The SMILES string of the molecule is CC(C)CC(NC(=O)[C@H](Cc1ccccc1)N1C(=O)C(NC(=O)[C@H](CCc2ccccc2)NC(=O)CCCCCCCN2CCN(C)CC2)CC1C)C(=O)C1(C)CO1. The van der Waals surface area contributed by atoms with E-state index in [1.807, 2.05) is 81.4 Å². The van der Waals surface area contributed by atoms with Gasteiger partial charge in [-0.15, -0.1) is 0 Å². The molecule has 12 nitrogen and oxygen atoms in total. The van der Waals surface area contributed by atoms with Crippen molar-refractivity contribution in [2.24, 2.45) is 5.92 Å². The van der Waals surface area contributed by atoms with Gasteiger partial charge in [0.25, 0.3) is 0 Å². The Labute approximate surface area is 346 Å². The molecule has 0 spiro atoms. The van der Waals surface area contributed by atoms with Crippen LogP contribution in [0.3, 0.4) is 0 Å². The third kappa shape index (κ3) is 13.5. The number of likely N-dealkylation sites (tertiary alicyclic amines) is 1. The summed E-state index contributed by atoms with van der Waals surface area (Å²) in [5.74, 6) is -1.39. The number of carbonyl (C=O) groups is 5. The molecule has 3 aliphatic heterocycles. The summed E-state index contributed by atoms with van der Waals surface area (Å²) in [5, 5.41) is 8.97. The van der Waals surface area contributed by atoms with E-state index in [-0.39, 0.29) is 36.0 Å². The first-order valence-electron chi connectivity index (χ1n) is 21.7. The zero-order valence-electron chi connectivity index (χ0n) is 35.5. The van der Waals surface area contributed by atoms with Crippen molar-refractivity contribution >= 4 is 29.4 Å². The van der Waals surface area contributed by atoms with Gasteiger partial charge in [-0.3, -0.25) is 24.0 Å². The van der Waals surface area contributed by atoms with Crippen molar-refractivity contribution in [3.8, 4) is 0 Å². The van der Waals surface area contributed by atoms with Crippen LogP contribution in [0, 0.1) is 5.92 Å². The number of rotatable bonds is 23. The van der Waals surface area contributed by atoms with Gasteiger partial charge in [0.1, 0.15) is 23.7 Å². The predicted octanol–water partition coefficient (Wildman–Crippen LogP) is 4.30. The van der Waals surface area contributed by atoms with Crippen LogP contribution in [0.1, 0.15) is 96.6 Å². The van der Waals surface area contributed by atoms with Gasteiger partial charge in [0, 0.05) is 45.1 Å². The first-order valence-corrected chi connectivity index (χ1v) is 21.7. The summed E-state index contributed by atoms with van der Waals surface area (Å²) in [4.78, 5) is 75.7. The fourth-order valence-corrected chi connectivity index (χ4v) is 8.26. The number of piperazine rings is 1. The number of hydrogen-bond donors (Lipinski definition) is 3. The lowest BCUT2D eigenvalue weighted by atomic mass is 9.92. The number of nitrogens with one attached hydrogen (secondary N) is 3. The molecule has 0 saturated carbocycles. The summed E-state index contributed by atoms with van der Waals surface area (Å²) in [6.45, 7) is 13.6. The zero-order valence-corrected chi connectivity index (χ0v) is 35.5. The highest BCUT2D eigenvalue weighted by Crippen LogP contribution is 2.30. The van der Waals surface area contributed by atoms with Gasteiger partial charge in [0.15, 0.2) is 5.78 Å². The third-order valence-corrected chi connectivity index (χ3v) is 12.0. The van der Waals surface area contributed by atoms with Crippen LogP contribution in [-0.4, -0.2) is 126 Å². The van der Waals surface area contributed by atoms with E-state index in [0.717, 1.165) is 69.5 Å². The van der Waals surface area contributed by atoms with E-state index < -0.39 is 41.6 Å². The molecule has 3 heterocycles. The maximum absolute atomic E-state index is 14.3. The minimum Gasteiger partial charge on any atom is -0.361 e. The molecule has 4 amide bonds. The van der Waals surface area contributed by atoms with E-state index in [2.05, 4.69) is 32.8 Å². The molecule has 2 aromatic rings. The number of nitrogens with zero attached hydrogens (tertiary/aromatic N) is 3. The smallest absolute Gasteiger partial charge is 0.246 e. The monoisotopic (exact) mass is 801 g/mol. The molecule has 0 aliphatic carbocycles. The van der Waals surface area contributed by atoms with E-state index in [0.29, 0.717) is 38.7 Å². The lowest BCUT2D eigenvalue weighted by Gasteiger charge is -2.33. The minimum atomic E-state index is -0.914. The molecule has 58 heavy (non-hydrogen) atoms. The Bertz CT molecular complexity index is 1640. The Balaban J connectivity index is 1.20. The zero-order chi connectivity index (χ0) is 41.7. The van der Waals surface area contributed by atoms with Gasteiger partial charge in [0.2, 0.25) is 23.6 Å². The van der Waals surface area contributed by atoms with Crippen LogP contribution in [0.2, 0.25) is 0 Å². The molecule has 2 aromatic carbocycles. The van der Waals surface area contributed by atoms with Gasteiger partial charge < -0.3 is 35.4 Å². The number of aryl methyl sites for hydroxylation is 1. The fraction of sp³-hybridized carbons (Fsp3) is 0.630. The summed E-state index contributed by atoms with van der Waals surface area (Å²) in [7, 11) is 2.17. The standard InChI is InChI=1S/C46H68N6O6/c1-33(2)29-38(42(54)46(4)32-58-46)48-44(56)40(31-36-19-13-10-14-20-36)52-34(3)30-39(45(52)57)49-43(55)37(23-22-35-17-11-9-12-18-35)47-41(53)21-15-7-6-8-16-24-51-27-25-50(5)26-28-51/h9-14,17-20,33-34,37-40H,6-8,15-16,21-32H2,1-5H3,(H,47,53)(H,48,56)(H,49,55)/t34?,37-,38?,39?,40-,46?/m0/s1. The van der Waals surface area contributed by atoms with Gasteiger partial charge in [-0.1, -0.05) is 93.8 Å². The first-order chi connectivity index (χ1) is 27.8. The number of carbonyl (C=O) groups excluding carboxylic acids is 5. The highest BCUT2D eigenvalue weighted by molar-refractivity contribution is 5.99. The van der Waals surface area contributed by atoms with Crippen molar-refractivity contribution in [2.45, 2.75) is 134 Å². The number of epoxide rings is 1. The van der Waals surface area contributed by atoms with Crippen molar-refractivity contribution in [3.05, 3.63) is 71.8 Å². The second kappa shape index (κ2) is 21.8. The van der Waals surface area contributed by atoms with E-state index in [4.69, 9.17) is 4.74 Å². The van der Waals surface area contributed by atoms with E-state index >= 15 is 0 Å². The average Bonchev–Trinajstić information content (AvgIpc) is 3.90. The molecule has 6 atom stereocenters. The number of ketones is 1. The van der Waals surface area contributed by atoms with Gasteiger partial charge >= 0.3 is 0 Å². The van der Waals surface area contributed by atoms with Gasteiger partial charge in [-0.2, -0.15) is 0 Å². The largest absolute Gasteiger partial charge is 0.361 e. The number of amides is 4. The Morgan fingerprint density at radius 2 is 1.45 bits per heavy atom. The summed E-state index contributed by atoms with van der Waals surface area (Å²) >= 11 is 0. The van der Waals surface area contributed by atoms with Crippen LogP contribution in [0.5, 0.6) is 0 Å². The van der Waals surface area contributed by atoms with E-state index in [1.165, 1.54) is 6.42 Å². The van der Waals surface area contributed by atoms with Crippen LogP contribution < -0.4 is 16.0 Å². The topological polar surface area (TPSA) is 144 Å². The molecule has 4 unspecified atom stereocenters. The van der Waals surface area contributed by atoms with Crippen LogP contribution in [0.25, 0.3) is 0 Å². The predicted molar refractivity (Wildman–Crippen MR) is 226 cm³/mol. The number of ether oxygens (including phenoxy) is 1. The molecule has 0 bridgehead atoms. The summed E-state index contributed by atoms with van der Waals surface area (Å²) < 4.78 is 5.45. The molecular formula is C46H68N6O6. The lowest BCUT2D eigenvalue weighted by molar-refractivity contribution is -0.142. The molecule has 12 heteroatoms. The quantitative estimate of drug-likeness (QED) is 0.112. The Hall–Kier alpha value is -4.13. The molecule has 318 valence electrons. The van der Waals surface area contributed by atoms with E-state index in [1.54, 1.807) is 11.8 Å². The summed E-state index contributed by atoms with van der Waals surface area (Å²) in [6.07, 6.45) is 7.36. The maximum Gasteiger partial charge on any atom is 0.246 e. The van der Waals surface area contributed by atoms with Crippen molar-refractivity contribution < 1.29 is 28.7 Å². The number of benzene rings is 2. The van der Waals surface area contributed by atoms with Crippen LogP contribution in [-0.2, 0) is 41.6 Å². The van der Waals surface area contributed by atoms with E-state index in [9.17, 15) is 24.0 Å². The highest BCUT2D eigenvalue weighted by atomic mass is 16.6. The van der Waals surface area contributed by atoms with Crippen molar-refractivity contribution in [3.63, 3.8) is 0 Å². The van der Waals surface area contributed by atoms with Gasteiger partial charge in [-0.05, 0) is 83.0 Å². The number of unbranched alkanes of at least 4 members (excludes halogenated alkanes) is 4. The van der Waals surface area contributed by atoms with Crippen LogP contribution in [0.15, 0.2) is 60.7 Å². The molecule has 5 rings (SSSR count). The lowest BCUT2D eigenvalue weighted by Crippen LogP contribution is -2.57. The normalized spacial score (nSPS) is 22.7. The number of hydrogen-bond acceptors (Lipinski definition) is 8. The van der Waals surface area contributed by atoms with Crippen LogP contribution in [0.4, 0.5) is 0 Å². The maximum atomic E-state index is 14.3. The van der Waals surface area contributed by atoms with Crippen molar-refractivity contribution in [1.82, 2.24) is 30.7 Å². The molecule has 0 radical (unpaired) electrons. The molecule has 3 N–H and O–H groups in total. The molecule has 3 aliphatic rings. The first kappa shape index (κ1) is 45.0. The molecule has 0 aromatic heterocycles. The summed E-state index contributed by atoms with van der Waals surface area (Å²) in [6, 6.07) is 15.6. The molecular weight excluding hydrogens is 733 g/mol. The molecule has 3 fully saturated rings. The Morgan fingerprint density at radius 3 is 2.09 bits per heavy atom. The van der Waals surface area contributed by atoms with Crippen molar-refractivity contribution in [2.75, 3.05) is 46.4 Å². The summed E-state index contributed by atoms with van der Waals surface area (Å²) in [5.41, 5.74) is 1.01. The highest BCUT2D eigenvalue weighted by Gasteiger charge is 2.51. The number of Topliss-reactive ketones (excluding diaryl/α,β-unsaturated/α-hetero) is 1. The third-order valence-electron chi connectivity index (χ3n) is 12.0. The average molecular weight is 801 g/mol. The fourth-order valence-electron chi connectivity index (χ4n) is 8.26. The van der Waals surface area contributed by atoms with Gasteiger partial charge in [-0.25, -0.2) is 0 Å².